The molecule has 2 N–H and O–H groups in total. The van der Waals surface area contributed by atoms with Gasteiger partial charge in [0.2, 0.25) is 0 Å². The summed E-state index contributed by atoms with van der Waals surface area (Å²) in [7, 11) is 0. The molecule has 0 unspecified atom stereocenters. The van der Waals surface area contributed by atoms with Gasteiger partial charge in [0.05, 0.1) is 11.0 Å². The van der Waals surface area contributed by atoms with Gasteiger partial charge in [-0.25, -0.2) is 19.9 Å². The molecule has 0 atom stereocenters. The number of H-pyrrole nitrogens is 1. The normalized spacial score (nSPS) is 11.1. The predicted octanol–water partition coefficient (Wildman–Crippen LogP) is 3.49. The van der Waals surface area contributed by atoms with Crippen LogP contribution in [0.25, 0.3) is 28.1 Å². The quantitative estimate of drug-likeness (QED) is 0.481. The number of aliphatic hydroxyl groups excluding tert-OH is 1. The molecular weight excluding hydrogens is 368 g/mol. The van der Waals surface area contributed by atoms with Gasteiger partial charge >= 0.3 is 6.01 Å². The highest BCUT2D eigenvalue weighted by Gasteiger charge is 2.10. The minimum Gasteiger partial charge on any atom is -0.424 e. The van der Waals surface area contributed by atoms with Gasteiger partial charge in [-0.3, -0.25) is 4.57 Å². The Morgan fingerprint density at radius 1 is 0.966 bits per heavy atom. The molecular formula is C21H16N6O2. The van der Waals surface area contributed by atoms with E-state index in [1.54, 1.807) is 24.7 Å². The van der Waals surface area contributed by atoms with Crippen LogP contribution in [-0.2, 0) is 6.61 Å². The van der Waals surface area contributed by atoms with E-state index in [-0.39, 0.29) is 6.61 Å². The number of fused-ring (bicyclic) bond motifs is 1. The molecule has 29 heavy (non-hydrogen) atoms. The molecule has 8 heteroatoms. The number of aliphatic hydroxyl groups is 1. The average molecular weight is 384 g/mol. The molecule has 2 aromatic carbocycles. The highest BCUT2D eigenvalue weighted by molar-refractivity contribution is 5.78. The zero-order valence-corrected chi connectivity index (χ0v) is 15.2. The molecule has 142 valence electrons. The van der Waals surface area contributed by atoms with Crippen molar-refractivity contribution in [3.05, 3.63) is 79.1 Å². The number of hydrogen-bond acceptors (Lipinski definition) is 6. The smallest absolute Gasteiger partial charge is 0.321 e. The Labute approximate surface area is 165 Å². The van der Waals surface area contributed by atoms with Crippen molar-refractivity contribution in [1.29, 1.82) is 0 Å². The molecule has 0 radical (unpaired) electrons. The topological polar surface area (TPSA) is 102 Å². The average Bonchev–Trinajstić information content (AvgIpc) is 3.41. The first-order valence-corrected chi connectivity index (χ1v) is 8.99. The lowest BCUT2D eigenvalue weighted by molar-refractivity contribution is 0.273. The van der Waals surface area contributed by atoms with Crippen LogP contribution in [0.15, 0.2) is 73.3 Å². The second kappa shape index (κ2) is 7.17. The standard InChI is InChI=1S/C21H16N6O2/c28-13-19-25-17-7-4-15(12-18(17)26-19)27-11-10-22-20(27)14-2-5-16(6-3-14)29-21-23-8-1-9-24-21/h1-12,28H,13H2,(H,25,26). The fourth-order valence-electron chi connectivity index (χ4n) is 3.12. The van der Waals surface area contributed by atoms with E-state index in [1.165, 1.54) is 0 Å². The molecule has 3 aromatic heterocycles. The zero-order valence-electron chi connectivity index (χ0n) is 15.2. The maximum atomic E-state index is 9.27. The van der Waals surface area contributed by atoms with Gasteiger partial charge in [-0.05, 0) is 48.5 Å². The van der Waals surface area contributed by atoms with Crippen LogP contribution < -0.4 is 4.74 Å². The van der Waals surface area contributed by atoms with Crippen LogP contribution in [0.3, 0.4) is 0 Å². The number of rotatable bonds is 5. The van der Waals surface area contributed by atoms with Gasteiger partial charge in [0, 0.05) is 36.0 Å². The molecule has 5 rings (SSSR count). The second-order valence-corrected chi connectivity index (χ2v) is 6.32. The van der Waals surface area contributed by atoms with Crippen LogP contribution in [0.4, 0.5) is 0 Å². The summed E-state index contributed by atoms with van der Waals surface area (Å²) in [4.78, 5) is 20.1. The van der Waals surface area contributed by atoms with E-state index >= 15 is 0 Å². The Morgan fingerprint density at radius 3 is 2.59 bits per heavy atom. The number of imidazole rings is 2. The van der Waals surface area contributed by atoms with Gasteiger partial charge in [0.1, 0.15) is 24.0 Å². The highest BCUT2D eigenvalue weighted by atomic mass is 16.5. The Bertz CT molecular complexity index is 1260. The first-order chi connectivity index (χ1) is 14.3. The molecule has 0 aliphatic heterocycles. The Balaban J connectivity index is 1.45. The lowest BCUT2D eigenvalue weighted by Crippen LogP contribution is -1.96. The van der Waals surface area contributed by atoms with Crippen LogP contribution in [-0.4, -0.2) is 34.6 Å². The van der Waals surface area contributed by atoms with Gasteiger partial charge in [0.25, 0.3) is 0 Å². The number of ether oxygens (including phenoxy) is 1. The van der Waals surface area contributed by atoms with Crippen LogP contribution in [0.5, 0.6) is 11.8 Å². The van der Waals surface area contributed by atoms with E-state index in [0.29, 0.717) is 17.6 Å². The third-order valence-corrected chi connectivity index (χ3v) is 4.45. The molecule has 5 aromatic rings. The molecule has 8 nitrogen and oxygen atoms in total. The van der Waals surface area contributed by atoms with Crippen LogP contribution in [0.2, 0.25) is 0 Å². The minimum atomic E-state index is -0.122. The summed E-state index contributed by atoms with van der Waals surface area (Å²) in [5.41, 5.74) is 3.55. The van der Waals surface area contributed by atoms with E-state index in [0.717, 1.165) is 28.1 Å². The van der Waals surface area contributed by atoms with Gasteiger partial charge in [-0.1, -0.05) is 0 Å². The molecule has 0 saturated carbocycles. The van der Waals surface area contributed by atoms with Crippen molar-refractivity contribution >= 4 is 11.0 Å². The van der Waals surface area contributed by atoms with Crippen LogP contribution >= 0.6 is 0 Å². The van der Waals surface area contributed by atoms with Crippen molar-refractivity contribution in [2.24, 2.45) is 0 Å². The minimum absolute atomic E-state index is 0.122. The van der Waals surface area contributed by atoms with E-state index < -0.39 is 0 Å². The highest BCUT2D eigenvalue weighted by Crippen LogP contribution is 2.26. The number of nitrogens with zero attached hydrogens (tertiary/aromatic N) is 5. The summed E-state index contributed by atoms with van der Waals surface area (Å²) in [6, 6.07) is 15.5. The van der Waals surface area contributed by atoms with E-state index in [2.05, 4.69) is 24.9 Å². The van der Waals surface area contributed by atoms with Crippen molar-refractivity contribution in [2.75, 3.05) is 0 Å². The summed E-state index contributed by atoms with van der Waals surface area (Å²) in [5.74, 6) is 1.99. The zero-order chi connectivity index (χ0) is 19.6. The SMILES string of the molecule is OCc1nc2ccc(-n3ccnc3-c3ccc(Oc4ncccn4)cc3)cc2[nH]1. The fraction of sp³-hybridized carbons (Fsp3) is 0.0476. The van der Waals surface area contributed by atoms with Crippen molar-refractivity contribution < 1.29 is 9.84 Å². The third-order valence-electron chi connectivity index (χ3n) is 4.45. The number of nitrogens with one attached hydrogen (secondary N) is 1. The van der Waals surface area contributed by atoms with Crippen molar-refractivity contribution in [3.63, 3.8) is 0 Å². The first kappa shape index (κ1) is 17.1. The van der Waals surface area contributed by atoms with E-state index in [1.807, 2.05) is 53.2 Å². The first-order valence-electron chi connectivity index (χ1n) is 8.99. The van der Waals surface area contributed by atoms with Crippen molar-refractivity contribution in [3.8, 4) is 28.8 Å². The Hall–Kier alpha value is -4.04. The molecule has 0 fully saturated rings. The summed E-state index contributed by atoms with van der Waals surface area (Å²) in [6.07, 6.45) is 6.93. The molecule has 0 amide bonds. The molecule has 0 saturated heterocycles. The van der Waals surface area contributed by atoms with Crippen LogP contribution in [0, 0.1) is 0 Å². The number of aromatic nitrogens is 6. The van der Waals surface area contributed by atoms with E-state index in [4.69, 9.17) is 4.74 Å². The summed E-state index contributed by atoms with van der Waals surface area (Å²) < 4.78 is 7.64. The lowest BCUT2D eigenvalue weighted by atomic mass is 10.2. The predicted molar refractivity (Wildman–Crippen MR) is 107 cm³/mol. The maximum Gasteiger partial charge on any atom is 0.321 e. The maximum absolute atomic E-state index is 9.27. The molecule has 0 aliphatic carbocycles. The monoisotopic (exact) mass is 384 g/mol. The van der Waals surface area contributed by atoms with Crippen molar-refractivity contribution in [2.45, 2.75) is 6.61 Å². The second-order valence-electron chi connectivity index (χ2n) is 6.32. The largest absolute Gasteiger partial charge is 0.424 e. The van der Waals surface area contributed by atoms with Gasteiger partial charge < -0.3 is 14.8 Å². The number of benzene rings is 2. The van der Waals surface area contributed by atoms with E-state index in [9.17, 15) is 5.11 Å². The molecule has 0 aliphatic rings. The summed E-state index contributed by atoms with van der Waals surface area (Å²) >= 11 is 0. The van der Waals surface area contributed by atoms with Gasteiger partial charge in [0.15, 0.2) is 0 Å². The molecule has 0 spiro atoms. The van der Waals surface area contributed by atoms with Crippen molar-refractivity contribution in [1.82, 2.24) is 29.5 Å². The van der Waals surface area contributed by atoms with Gasteiger partial charge in [-0.15, -0.1) is 0 Å². The molecule has 0 bridgehead atoms. The van der Waals surface area contributed by atoms with Gasteiger partial charge in [-0.2, -0.15) is 0 Å². The van der Waals surface area contributed by atoms with Crippen LogP contribution in [0.1, 0.15) is 5.82 Å². The fourth-order valence-corrected chi connectivity index (χ4v) is 3.12. The third kappa shape index (κ3) is 3.32. The number of hydrogen-bond donors (Lipinski definition) is 2. The number of aromatic amines is 1. The lowest BCUT2D eigenvalue weighted by Gasteiger charge is -2.09. The summed E-state index contributed by atoms with van der Waals surface area (Å²) in [6.45, 7) is -0.122. The Morgan fingerprint density at radius 2 is 1.79 bits per heavy atom. The summed E-state index contributed by atoms with van der Waals surface area (Å²) in [5, 5.41) is 9.27. The molecule has 3 heterocycles. The Kier molecular flexibility index (Phi) is 4.23.